The number of nitrogens with two attached hydrogens (primary N) is 1. The number of ether oxygens (including phenoxy) is 4. The fourth-order valence-corrected chi connectivity index (χ4v) is 9.88. The number of carbonyl (C=O) groups is 7. The van der Waals surface area contributed by atoms with Crippen LogP contribution in [0.3, 0.4) is 0 Å². The van der Waals surface area contributed by atoms with Crippen LogP contribution in [0.2, 0.25) is 0 Å². The lowest BCUT2D eigenvalue weighted by molar-refractivity contribution is -0.160. The first-order valence-electron chi connectivity index (χ1n) is 31.6. The van der Waals surface area contributed by atoms with Crippen molar-refractivity contribution < 1.29 is 52.5 Å². The van der Waals surface area contributed by atoms with Gasteiger partial charge in [-0.15, -0.1) is 0 Å². The van der Waals surface area contributed by atoms with Crippen molar-refractivity contribution in [1.82, 2.24) is 45.8 Å². The Balaban J connectivity index is 3.11. The van der Waals surface area contributed by atoms with Crippen LogP contribution in [-0.4, -0.2) is 219 Å². The molecule has 1 saturated heterocycles. The van der Waals surface area contributed by atoms with Crippen LogP contribution in [0.5, 0.6) is 0 Å². The topological polar surface area (TPSA) is 247 Å². The van der Waals surface area contributed by atoms with E-state index in [9.17, 15) is 33.6 Å². The summed E-state index contributed by atoms with van der Waals surface area (Å²) in [4.78, 5) is 105. The van der Waals surface area contributed by atoms with E-state index in [2.05, 4.69) is 103 Å². The Kier molecular flexibility index (Phi) is 33.7. The van der Waals surface area contributed by atoms with E-state index in [1.54, 1.807) is 62.3 Å². The largest absolute Gasteiger partial charge is 0.460 e. The molecule has 21 heteroatoms. The van der Waals surface area contributed by atoms with Crippen LogP contribution in [0.4, 0.5) is 4.79 Å². The minimum absolute atomic E-state index is 0.00408. The van der Waals surface area contributed by atoms with Crippen molar-refractivity contribution in [1.29, 1.82) is 0 Å². The highest BCUT2D eigenvalue weighted by atomic mass is 16.6. The Bertz CT molecular complexity index is 1990. The van der Waals surface area contributed by atoms with Crippen LogP contribution in [-0.2, 0) is 47.7 Å². The number of rotatable bonds is 29. The Hall–Kier alpha value is -4.15. The molecule has 1 aliphatic heterocycles. The van der Waals surface area contributed by atoms with Crippen molar-refractivity contribution >= 4 is 41.7 Å². The van der Waals surface area contributed by atoms with Crippen molar-refractivity contribution in [3.05, 3.63) is 0 Å². The van der Waals surface area contributed by atoms with Gasteiger partial charge in [-0.25, -0.2) is 9.59 Å². The average molecular weight is 1210 g/mol. The molecule has 1 heterocycles. The second kappa shape index (κ2) is 36.4. The molecule has 0 aromatic heterocycles. The molecule has 6 N–H and O–H groups in total. The summed E-state index contributed by atoms with van der Waals surface area (Å²) >= 11 is 0. The maximum Gasteiger partial charge on any atom is 0.329 e. The number of hydrogen-bond donors (Lipinski definition) is 5. The predicted octanol–water partition coefficient (Wildman–Crippen LogP) is 6.98. The third-order valence-electron chi connectivity index (χ3n) is 13.4. The molecule has 0 spiro atoms. The van der Waals surface area contributed by atoms with Crippen molar-refractivity contribution in [2.45, 2.75) is 232 Å². The molecular formula is C64H124N10O11. The molecule has 0 unspecified atom stereocenters. The quantitative estimate of drug-likeness (QED) is 0.0288. The Morgan fingerprint density at radius 2 is 0.976 bits per heavy atom. The summed E-state index contributed by atoms with van der Waals surface area (Å²) < 4.78 is 22.4. The molecule has 0 radical (unpaired) electrons. The zero-order valence-corrected chi connectivity index (χ0v) is 57.4. The molecule has 0 aliphatic carbocycles. The zero-order chi connectivity index (χ0) is 65.2. The monoisotopic (exact) mass is 1210 g/mol. The van der Waals surface area contributed by atoms with E-state index in [0.29, 0.717) is 58.2 Å². The predicted molar refractivity (Wildman–Crippen MR) is 339 cm³/mol. The molecule has 0 aromatic carbocycles. The number of unbranched alkanes of at least 4 members (excludes halogenated alkanes) is 2. The van der Waals surface area contributed by atoms with Crippen LogP contribution in [0.25, 0.3) is 0 Å². The number of esters is 3. The van der Waals surface area contributed by atoms with Gasteiger partial charge < -0.3 is 65.5 Å². The number of carbonyl (C=O) groups excluding carboxylic acids is 7. The second-order valence-electron chi connectivity index (χ2n) is 31.2. The molecule has 1 rings (SSSR count). The van der Waals surface area contributed by atoms with Gasteiger partial charge in [0.25, 0.3) is 0 Å². The lowest BCUT2D eigenvalue weighted by atomic mass is 9.84. The number of urea groups is 1. The smallest absolute Gasteiger partial charge is 0.329 e. The molecule has 5 amide bonds. The van der Waals surface area contributed by atoms with Gasteiger partial charge in [-0.3, -0.25) is 28.9 Å². The average Bonchev–Trinajstić information content (AvgIpc) is 3.47. The van der Waals surface area contributed by atoms with Crippen LogP contribution >= 0.6 is 0 Å². The molecule has 0 bridgehead atoms. The fraction of sp³-hybridized carbons (Fsp3) is 0.891. The first-order chi connectivity index (χ1) is 38.8. The summed E-state index contributed by atoms with van der Waals surface area (Å²) in [5.74, 6) is -2.78. The van der Waals surface area contributed by atoms with E-state index in [-0.39, 0.29) is 86.3 Å². The molecule has 1 aliphatic rings. The minimum Gasteiger partial charge on any atom is -0.460 e. The number of amides is 5. The highest BCUT2D eigenvalue weighted by Gasteiger charge is 2.33. The third-order valence-corrected chi connectivity index (χ3v) is 13.4. The van der Waals surface area contributed by atoms with E-state index >= 15 is 0 Å². The van der Waals surface area contributed by atoms with Gasteiger partial charge in [-0.2, -0.15) is 0 Å². The van der Waals surface area contributed by atoms with Gasteiger partial charge >= 0.3 is 23.9 Å². The molecule has 85 heavy (non-hydrogen) atoms. The summed E-state index contributed by atoms with van der Waals surface area (Å²) in [5, 5.41) is 11.7. The number of nitrogens with zero attached hydrogens (tertiary/aromatic N) is 5. The van der Waals surface area contributed by atoms with Crippen LogP contribution in [0.15, 0.2) is 0 Å². The summed E-state index contributed by atoms with van der Waals surface area (Å²) in [6.45, 7) is 52.1. The summed E-state index contributed by atoms with van der Waals surface area (Å²) in [6, 6.07) is -2.90. The molecule has 0 aromatic rings. The highest BCUT2D eigenvalue weighted by molar-refractivity contribution is 5.88. The highest BCUT2D eigenvalue weighted by Crippen LogP contribution is 2.25. The molecule has 0 saturated carbocycles. The minimum atomic E-state index is -1.12. The summed E-state index contributed by atoms with van der Waals surface area (Å²) in [6.07, 6.45) is 3.11. The molecule has 21 nitrogen and oxygen atoms in total. The van der Waals surface area contributed by atoms with Gasteiger partial charge in [0.2, 0.25) is 17.7 Å². The Labute approximate surface area is 515 Å². The maximum absolute atomic E-state index is 14.0. The SMILES string of the molecule is CC(C)(C)CN1CCN(CC(=O)N[C@@H](CCCCN)C(=O)NCCOCC(=O)N(CCCC[C@H](NC(=O)N[C@@H](CCC(=O)OC(C)(C)C)C(=O)OC(C)(C)C)C(C)(C)C)CC(=O)OC(C)(C)C)CCN(CC(C)(C)C)CCN(CC(C)(C)C)CC1. The molecule has 496 valence electrons. The lowest BCUT2D eigenvalue weighted by Gasteiger charge is -2.39. The lowest BCUT2D eigenvalue weighted by Crippen LogP contribution is -2.53. The number of nitrogens with one attached hydrogen (secondary N) is 4. The van der Waals surface area contributed by atoms with Crippen LogP contribution in [0, 0.1) is 21.7 Å². The normalized spacial score (nSPS) is 16.6. The first-order valence-corrected chi connectivity index (χ1v) is 31.6. The van der Waals surface area contributed by atoms with Crippen molar-refractivity contribution in [2.75, 3.05) is 118 Å². The van der Waals surface area contributed by atoms with E-state index in [1.165, 1.54) is 4.90 Å². The summed E-state index contributed by atoms with van der Waals surface area (Å²) in [5.41, 5.74) is 3.47. The summed E-state index contributed by atoms with van der Waals surface area (Å²) in [7, 11) is 0. The third kappa shape index (κ3) is 40.8. The van der Waals surface area contributed by atoms with Gasteiger partial charge in [0.05, 0.1) is 13.2 Å². The van der Waals surface area contributed by atoms with Gasteiger partial charge in [-0.05, 0) is 135 Å². The van der Waals surface area contributed by atoms with E-state index in [0.717, 1.165) is 58.9 Å². The Morgan fingerprint density at radius 3 is 1.42 bits per heavy atom. The van der Waals surface area contributed by atoms with Crippen molar-refractivity contribution in [3.63, 3.8) is 0 Å². The van der Waals surface area contributed by atoms with E-state index in [4.69, 9.17) is 24.7 Å². The standard InChI is InChI=1S/C64H124N10O11/c1-58(2,3)45-71-35-33-70(34-36-72(46-59(4,5)6)38-40-73(39-37-71)47-60(7,8)9)42-51(75)67-48(26-22-24-30-65)55(79)66-31-41-82-44-52(76)74(43-54(78)84-63(16,17)18)32-25-23-27-50(61(10,11)12)69-57(81)68-49(56(80)85-64(19,20)21)28-29-53(77)83-62(13,14)15/h48-50H,22-47,65H2,1-21H3,(H,66,79)(H,67,75)(H2,68,69,81)/t48-,49-,50-/m0/s1. The molecule has 1 fully saturated rings. The zero-order valence-electron chi connectivity index (χ0n) is 57.4. The van der Waals surface area contributed by atoms with Crippen molar-refractivity contribution in [2.24, 2.45) is 27.4 Å². The second-order valence-corrected chi connectivity index (χ2v) is 31.2. The van der Waals surface area contributed by atoms with Crippen LogP contribution in [0.1, 0.15) is 197 Å². The number of hydrogen-bond acceptors (Lipinski definition) is 16. The first kappa shape index (κ1) is 78.9. The molecular weight excluding hydrogens is 1080 g/mol. The van der Waals surface area contributed by atoms with Crippen LogP contribution < -0.4 is 27.0 Å². The Morgan fingerprint density at radius 1 is 0.518 bits per heavy atom. The van der Waals surface area contributed by atoms with Gasteiger partial charge in [0, 0.05) is 97.5 Å². The molecule has 3 atom stereocenters. The van der Waals surface area contributed by atoms with Crippen molar-refractivity contribution in [3.8, 4) is 0 Å². The van der Waals surface area contributed by atoms with E-state index < -0.39 is 64.1 Å². The maximum atomic E-state index is 14.0. The van der Waals surface area contributed by atoms with Gasteiger partial charge in [0.15, 0.2) is 0 Å². The van der Waals surface area contributed by atoms with Gasteiger partial charge in [-0.1, -0.05) is 83.1 Å². The van der Waals surface area contributed by atoms with Gasteiger partial charge in [0.1, 0.15) is 42.0 Å². The fourth-order valence-electron chi connectivity index (χ4n) is 9.88. The van der Waals surface area contributed by atoms with E-state index in [1.807, 2.05) is 20.8 Å².